The lowest BCUT2D eigenvalue weighted by molar-refractivity contribution is -0.148. The van der Waals surface area contributed by atoms with Gasteiger partial charge >= 0.3 is 5.97 Å². The molecule has 0 aliphatic carbocycles. The molecule has 116 valence electrons. The minimum absolute atomic E-state index is 0.124. The molecule has 2 N–H and O–H groups in total. The number of hydrogen-bond acceptors (Lipinski definition) is 5. The van der Waals surface area contributed by atoms with Crippen molar-refractivity contribution in [2.24, 2.45) is 0 Å². The maximum Gasteiger partial charge on any atom is 0.334 e. The fourth-order valence-electron chi connectivity index (χ4n) is 1.85. The Labute approximate surface area is 126 Å². The summed E-state index contributed by atoms with van der Waals surface area (Å²) < 4.78 is 10.2. The number of ether oxygens (including phenoxy) is 1. The normalized spacial score (nSPS) is 11.9. The topological polar surface area (TPSA) is 102 Å². The van der Waals surface area contributed by atoms with Crippen LogP contribution in [0.5, 0.6) is 0 Å². The smallest absolute Gasteiger partial charge is 0.334 e. The van der Waals surface area contributed by atoms with Gasteiger partial charge in [-0.05, 0) is 19.1 Å². The van der Waals surface area contributed by atoms with Gasteiger partial charge in [0.1, 0.15) is 5.76 Å². The Bertz CT molecular complexity index is 666. The van der Waals surface area contributed by atoms with E-state index in [9.17, 15) is 9.59 Å². The average Bonchev–Trinajstić information content (AvgIpc) is 2.90. The van der Waals surface area contributed by atoms with Crippen molar-refractivity contribution in [3.63, 3.8) is 0 Å². The second-order valence-electron chi connectivity index (χ2n) is 4.56. The van der Waals surface area contributed by atoms with Crippen molar-refractivity contribution in [1.29, 1.82) is 0 Å². The zero-order valence-corrected chi connectivity index (χ0v) is 12.2. The molecular formula is C15H16N2O5. The Morgan fingerprint density at radius 3 is 2.64 bits per heavy atom. The molecule has 1 unspecified atom stereocenters. The van der Waals surface area contributed by atoms with Gasteiger partial charge < -0.3 is 19.6 Å². The van der Waals surface area contributed by atoms with Crippen molar-refractivity contribution in [1.82, 2.24) is 10.3 Å². The number of nitrogens with one attached hydrogen (secondary N) is 1. The molecule has 1 atom stereocenters. The van der Waals surface area contributed by atoms with E-state index in [0.717, 1.165) is 5.56 Å². The van der Waals surface area contributed by atoms with E-state index >= 15 is 0 Å². The molecule has 0 saturated carbocycles. The number of benzene rings is 1. The first kappa shape index (κ1) is 15.7. The van der Waals surface area contributed by atoms with Crippen LogP contribution in [0.3, 0.4) is 0 Å². The Kier molecular flexibility index (Phi) is 4.90. The molecule has 0 radical (unpaired) electrons. The molecular weight excluding hydrogens is 288 g/mol. The van der Waals surface area contributed by atoms with E-state index in [4.69, 9.17) is 14.3 Å². The summed E-state index contributed by atoms with van der Waals surface area (Å²) in [6.45, 7) is 1.47. The highest BCUT2D eigenvalue weighted by Crippen LogP contribution is 2.21. The zero-order valence-electron chi connectivity index (χ0n) is 12.2. The molecule has 2 aromatic rings. The van der Waals surface area contributed by atoms with Crippen LogP contribution >= 0.6 is 0 Å². The van der Waals surface area contributed by atoms with E-state index in [0.29, 0.717) is 11.7 Å². The van der Waals surface area contributed by atoms with Crippen LogP contribution in [0.25, 0.3) is 11.5 Å². The van der Waals surface area contributed by atoms with Crippen LogP contribution in [0.4, 0.5) is 0 Å². The lowest BCUT2D eigenvalue weighted by atomic mass is 10.2. The molecule has 0 bridgehead atoms. The molecule has 2 rings (SSSR count). The summed E-state index contributed by atoms with van der Waals surface area (Å²) in [5.74, 6) is -0.957. The van der Waals surface area contributed by atoms with Gasteiger partial charge in [0.05, 0.1) is 6.54 Å². The van der Waals surface area contributed by atoms with Crippen molar-refractivity contribution in [3.8, 4) is 11.5 Å². The fraction of sp³-hybridized carbons (Fsp3) is 0.267. The van der Waals surface area contributed by atoms with Crippen LogP contribution in [0.2, 0.25) is 0 Å². The summed E-state index contributed by atoms with van der Waals surface area (Å²) in [6, 6.07) is 9.18. The highest BCUT2D eigenvalue weighted by atomic mass is 16.5. The van der Waals surface area contributed by atoms with Crippen LogP contribution in [-0.2, 0) is 9.53 Å². The van der Waals surface area contributed by atoms with Gasteiger partial charge in [-0.25, -0.2) is 9.78 Å². The Morgan fingerprint density at radius 2 is 2.05 bits per heavy atom. The molecule has 1 amide bonds. The molecule has 1 heterocycles. The number of methoxy groups -OCH3 is 1. The minimum atomic E-state index is -1.15. The van der Waals surface area contributed by atoms with Gasteiger partial charge in [-0.3, -0.25) is 4.79 Å². The predicted molar refractivity (Wildman–Crippen MR) is 77.4 cm³/mol. The molecule has 22 heavy (non-hydrogen) atoms. The summed E-state index contributed by atoms with van der Waals surface area (Å²) >= 11 is 0. The average molecular weight is 304 g/mol. The summed E-state index contributed by atoms with van der Waals surface area (Å²) in [4.78, 5) is 27.1. The summed E-state index contributed by atoms with van der Waals surface area (Å²) in [7, 11) is 1.26. The van der Waals surface area contributed by atoms with Gasteiger partial charge in [0.15, 0.2) is 11.8 Å². The van der Waals surface area contributed by atoms with Crippen molar-refractivity contribution >= 4 is 11.9 Å². The lowest BCUT2D eigenvalue weighted by Crippen LogP contribution is -2.38. The lowest BCUT2D eigenvalue weighted by Gasteiger charge is -2.10. The van der Waals surface area contributed by atoms with E-state index < -0.39 is 18.0 Å². The quantitative estimate of drug-likeness (QED) is 0.838. The highest BCUT2D eigenvalue weighted by Gasteiger charge is 2.21. The van der Waals surface area contributed by atoms with Gasteiger partial charge in [-0.15, -0.1) is 0 Å². The molecule has 0 aliphatic rings. The second kappa shape index (κ2) is 6.86. The standard InChI is InChI=1S/C15H16N2O5/c1-9-12(13(18)16-8-11(21-2)15(19)20)17-14(22-9)10-6-4-3-5-7-10/h3-7,11H,8H2,1-2H3,(H,16,18)(H,19,20). The Morgan fingerprint density at radius 1 is 1.36 bits per heavy atom. The molecule has 7 nitrogen and oxygen atoms in total. The summed E-state index contributed by atoms with van der Waals surface area (Å²) in [5.41, 5.74) is 0.879. The second-order valence-corrected chi connectivity index (χ2v) is 4.56. The number of hydrogen-bond donors (Lipinski definition) is 2. The van der Waals surface area contributed by atoms with E-state index in [1.807, 2.05) is 30.3 Å². The SMILES string of the molecule is COC(CNC(=O)c1nc(-c2ccccc2)oc1C)C(=O)O. The number of nitrogens with zero attached hydrogens (tertiary/aromatic N) is 1. The molecule has 0 fully saturated rings. The van der Waals surface area contributed by atoms with E-state index in [1.165, 1.54) is 7.11 Å². The number of carboxylic acid groups (broad SMARTS) is 1. The Balaban J connectivity index is 2.11. The van der Waals surface area contributed by atoms with Crippen LogP contribution in [0.15, 0.2) is 34.7 Å². The molecule has 0 aliphatic heterocycles. The van der Waals surface area contributed by atoms with Gasteiger partial charge in [-0.1, -0.05) is 18.2 Å². The van der Waals surface area contributed by atoms with Crippen molar-refractivity contribution in [3.05, 3.63) is 41.8 Å². The number of aromatic nitrogens is 1. The van der Waals surface area contributed by atoms with Crippen LogP contribution in [0.1, 0.15) is 16.2 Å². The monoisotopic (exact) mass is 304 g/mol. The third-order valence-corrected chi connectivity index (χ3v) is 3.04. The number of carbonyl (C=O) groups is 2. The van der Waals surface area contributed by atoms with Gasteiger partial charge in [0, 0.05) is 12.7 Å². The maximum atomic E-state index is 12.1. The van der Waals surface area contributed by atoms with Crippen LogP contribution < -0.4 is 5.32 Å². The number of carboxylic acids is 1. The first-order chi connectivity index (χ1) is 10.5. The highest BCUT2D eigenvalue weighted by molar-refractivity contribution is 5.94. The minimum Gasteiger partial charge on any atom is -0.479 e. The van der Waals surface area contributed by atoms with E-state index in [2.05, 4.69) is 10.3 Å². The summed E-state index contributed by atoms with van der Waals surface area (Å²) in [6.07, 6.45) is -1.11. The number of amides is 1. The van der Waals surface area contributed by atoms with Gasteiger partial charge in [0.25, 0.3) is 5.91 Å². The van der Waals surface area contributed by atoms with E-state index in [-0.39, 0.29) is 12.2 Å². The first-order valence-electron chi connectivity index (χ1n) is 6.59. The Hall–Kier alpha value is -2.67. The van der Waals surface area contributed by atoms with Crippen molar-refractivity contribution < 1.29 is 23.8 Å². The number of aliphatic carboxylic acids is 1. The van der Waals surface area contributed by atoms with E-state index in [1.54, 1.807) is 6.92 Å². The fourth-order valence-corrected chi connectivity index (χ4v) is 1.85. The third-order valence-electron chi connectivity index (χ3n) is 3.04. The van der Waals surface area contributed by atoms with Crippen LogP contribution in [-0.4, -0.2) is 41.7 Å². The molecule has 7 heteroatoms. The number of oxazole rings is 1. The van der Waals surface area contributed by atoms with Gasteiger partial charge in [-0.2, -0.15) is 0 Å². The molecule has 1 aromatic heterocycles. The number of carbonyl (C=O) groups excluding carboxylic acids is 1. The number of aryl methyl sites for hydroxylation is 1. The van der Waals surface area contributed by atoms with Crippen molar-refractivity contribution in [2.45, 2.75) is 13.0 Å². The van der Waals surface area contributed by atoms with Crippen molar-refractivity contribution in [2.75, 3.05) is 13.7 Å². The predicted octanol–water partition coefficient (Wildman–Crippen LogP) is 1.48. The molecule has 1 aromatic carbocycles. The van der Waals surface area contributed by atoms with Gasteiger partial charge in [0.2, 0.25) is 5.89 Å². The number of rotatable bonds is 6. The zero-order chi connectivity index (χ0) is 16.1. The van der Waals surface area contributed by atoms with Crippen LogP contribution in [0, 0.1) is 6.92 Å². The maximum absolute atomic E-state index is 12.1. The largest absolute Gasteiger partial charge is 0.479 e. The first-order valence-corrected chi connectivity index (χ1v) is 6.59. The molecule has 0 spiro atoms. The third kappa shape index (κ3) is 3.50. The molecule has 0 saturated heterocycles. The summed E-state index contributed by atoms with van der Waals surface area (Å²) in [5, 5.41) is 11.3.